The van der Waals surface area contributed by atoms with E-state index in [1.807, 2.05) is 36.4 Å². The molecule has 3 rings (SSSR count). The van der Waals surface area contributed by atoms with Gasteiger partial charge in [-0.15, -0.1) is 0 Å². The highest BCUT2D eigenvalue weighted by Gasteiger charge is 2.34. The molecule has 2 aromatic carbocycles. The zero-order chi connectivity index (χ0) is 14.8. The van der Waals surface area contributed by atoms with Crippen molar-refractivity contribution in [2.45, 2.75) is 12.3 Å². The van der Waals surface area contributed by atoms with Crippen LogP contribution in [0.5, 0.6) is 5.75 Å². The van der Waals surface area contributed by atoms with Crippen LogP contribution in [0.4, 0.5) is 0 Å². The summed E-state index contributed by atoms with van der Waals surface area (Å²) in [6, 6.07) is 14.8. The summed E-state index contributed by atoms with van der Waals surface area (Å²) in [5.74, 6) is -0.468. The third kappa shape index (κ3) is 2.52. The first-order chi connectivity index (χ1) is 10.2. The van der Waals surface area contributed by atoms with Crippen LogP contribution in [0.25, 0.3) is 0 Å². The molecular formula is C17H14O4. The quantitative estimate of drug-likeness (QED) is 0.641. The summed E-state index contributed by atoms with van der Waals surface area (Å²) in [6.45, 7) is 0. The predicted molar refractivity (Wildman–Crippen MR) is 76.1 cm³/mol. The second-order valence-electron chi connectivity index (χ2n) is 4.89. The molecule has 0 saturated carbocycles. The van der Waals surface area contributed by atoms with E-state index >= 15 is 0 Å². The molecule has 106 valence electrons. The average Bonchev–Trinajstić information content (AvgIpc) is 2.83. The van der Waals surface area contributed by atoms with Gasteiger partial charge in [0.15, 0.2) is 0 Å². The second-order valence-corrected chi connectivity index (χ2v) is 4.89. The number of hydrogen-bond donors (Lipinski definition) is 0. The highest BCUT2D eigenvalue weighted by molar-refractivity contribution is 5.89. The van der Waals surface area contributed by atoms with Crippen molar-refractivity contribution >= 4 is 11.9 Å². The molecule has 1 atom stereocenters. The summed E-state index contributed by atoms with van der Waals surface area (Å²) < 4.78 is 9.97. The summed E-state index contributed by atoms with van der Waals surface area (Å²) in [5.41, 5.74) is 2.49. The van der Waals surface area contributed by atoms with Crippen molar-refractivity contribution in [2.24, 2.45) is 0 Å². The molecule has 21 heavy (non-hydrogen) atoms. The number of methoxy groups -OCH3 is 1. The van der Waals surface area contributed by atoms with Gasteiger partial charge in [0.2, 0.25) is 0 Å². The molecule has 4 nitrogen and oxygen atoms in total. The highest BCUT2D eigenvalue weighted by Crippen LogP contribution is 2.39. The van der Waals surface area contributed by atoms with E-state index in [0.717, 1.165) is 16.7 Å². The number of carbonyl (C=O) groups excluding carboxylic acids is 2. The molecule has 0 aromatic heterocycles. The molecule has 0 bridgehead atoms. The van der Waals surface area contributed by atoms with Gasteiger partial charge in [-0.1, -0.05) is 42.5 Å². The monoisotopic (exact) mass is 282 g/mol. The van der Waals surface area contributed by atoms with E-state index in [1.165, 1.54) is 7.11 Å². The molecule has 1 heterocycles. The van der Waals surface area contributed by atoms with Gasteiger partial charge in [-0.05, 0) is 17.2 Å². The number of ether oxygens (including phenoxy) is 2. The SMILES string of the molecule is COC(=O)Cc1ccc2c(c1)[C@H](c1ccccc1)C(=O)O2. The normalized spacial score (nSPS) is 16.2. The number of hydrogen-bond acceptors (Lipinski definition) is 4. The predicted octanol–water partition coefficient (Wildman–Crippen LogP) is 2.45. The molecule has 0 N–H and O–H groups in total. The van der Waals surface area contributed by atoms with Crippen LogP contribution >= 0.6 is 0 Å². The molecule has 0 saturated heterocycles. The molecule has 0 amide bonds. The van der Waals surface area contributed by atoms with Gasteiger partial charge >= 0.3 is 11.9 Å². The van der Waals surface area contributed by atoms with E-state index in [0.29, 0.717) is 5.75 Å². The van der Waals surface area contributed by atoms with Gasteiger partial charge in [-0.3, -0.25) is 9.59 Å². The summed E-state index contributed by atoms with van der Waals surface area (Å²) in [5, 5.41) is 0. The molecule has 1 aliphatic rings. The minimum atomic E-state index is -0.432. The standard InChI is InChI=1S/C17H14O4/c1-20-15(18)10-11-7-8-14-13(9-11)16(17(19)21-14)12-5-3-2-4-6-12/h2-9,16H,10H2,1H3/t16-/m0/s1. The smallest absolute Gasteiger partial charge is 0.323 e. The number of carbonyl (C=O) groups is 2. The van der Waals surface area contributed by atoms with Crippen LogP contribution in [0, 0.1) is 0 Å². The zero-order valence-corrected chi connectivity index (χ0v) is 11.5. The molecular weight excluding hydrogens is 268 g/mol. The van der Waals surface area contributed by atoms with E-state index in [1.54, 1.807) is 12.1 Å². The minimum Gasteiger partial charge on any atom is -0.469 e. The number of rotatable bonds is 3. The average molecular weight is 282 g/mol. The molecule has 0 spiro atoms. The van der Waals surface area contributed by atoms with Gasteiger partial charge in [0.25, 0.3) is 0 Å². The first-order valence-electron chi connectivity index (χ1n) is 6.65. The highest BCUT2D eigenvalue weighted by atomic mass is 16.5. The lowest BCUT2D eigenvalue weighted by molar-refractivity contribution is -0.139. The number of fused-ring (bicyclic) bond motifs is 1. The van der Waals surface area contributed by atoms with Gasteiger partial charge in [0.1, 0.15) is 11.7 Å². The largest absolute Gasteiger partial charge is 0.469 e. The van der Waals surface area contributed by atoms with Crippen molar-refractivity contribution in [1.82, 2.24) is 0 Å². The Kier molecular flexibility index (Phi) is 3.44. The van der Waals surface area contributed by atoms with Crippen LogP contribution in [-0.4, -0.2) is 19.0 Å². The molecule has 0 aliphatic carbocycles. The van der Waals surface area contributed by atoms with Crippen LogP contribution < -0.4 is 4.74 Å². The fraction of sp³-hybridized carbons (Fsp3) is 0.176. The van der Waals surface area contributed by atoms with E-state index in [-0.39, 0.29) is 18.4 Å². The molecule has 2 aromatic rings. The summed E-state index contributed by atoms with van der Waals surface area (Å²) >= 11 is 0. The van der Waals surface area contributed by atoms with Crippen molar-refractivity contribution in [3.63, 3.8) is 0 Å². The van der Waals surface area contributed by atoms with Gasteiger partial charge in [0.05, 0.1) is 13.5 Å². The Balaban J connectivity index is 1.99. The van der Waals surface area contributed by atoms with Crippen LogP contribution in [0.3, 0.4) is 0 Å². The lowest BCUT2D eigenvalue weighted by Gasteiger charge is -2.08. The first-order valence-corrected chi connectivity index (χ1v) is 6.65. The van der Waals surface area contributed by atoms with E-state index in [2.05, 4.69) is 4.74 Å². The zero-order valence-electron chi connectivity index (χ0n) is 11.5. The Labute approximate surface area is 122 Å². The molecule has 0 unspecified atom stereocenters. The van der Waals surface area contributed by atoms with Crippen molar-refractivity contribution < 1.29 is 19.1 Å². The summed E-state index contributed by atoms with van der Waals surface area (Å²) in [4.78, 5) is 23.5. The maximum atomic E-state index is 12.1. The molecule has 1 aliphatic heterocycles. The Morgan fingerprint density at radius 1 is 1.19 bits per heavy atom. The third-order valence-electron chi connectivity index (χ3n) is 3.54. The Bertz CT molecular complexity index is 691. The van der Waals surface area contributed by atoms with Crippen molar-refractivity contribution in [3.8, 4) is 5.75 Å². The summed E-state index contributed by atoms with van der Waals surface area (Å²) in [6.07, 6.45) is 0.180. The van der Waals surface area contributed by atoms with E-state index < -0.39 is 5.92 Å². The Morgan fingerprint density at radius 3 is 2.67 bits per heavy atom. The van der Waals surface area contributed by atoms with Crippen molar-refractivity contribution in [3.05, 3.63) is 65.2 Å². The van der Waals surface area contributed by atoms with Crippen molar-refractivity contribution in [2.75, 3.05) is 7.11 Å². The van der Waals surface area contributed by atoms with Gasteiger partial charge in [-0.2, -0.15) is 0 Å². The van der Waals surface area contributed by atoms with Gasteiger partial charge in [-0.25, -0.2) is 0 Å². The summed E-state index contributed by atoms with van der Waals surface area (Å²) in [7, 11) is 1.36. The topological polar surface area (TPSA) is 52.6 Å². The lowest BCUT2D eigenvalue weighted by Crippen LogP contribution is -2.11. The lowest BCUT2D eigenvalue weighted by atomic mass is 9.91. The van der Waals surface area contributed by atoms with Crippen molar-refractivity contribution in [1.29, 1.82) is 0 Å². The van der Waals surface area contributed by atoms with Gasteiger partial charge in [0, 0.05) is 5.56 Å². The van der Waals surface area contributed by atoms with Crippen LogP contribution in [0.15, 0.2) is 48.5 Å². The van der Waals surface area contributed by atoms with E-state index in [9.17, 15) is 9.59 Å². The Hall–Kier alpha value is -2.62. The fourth-order valence-electron chi connectivity index (χ4n) is 2.52. The van der Waals surface area contributed by atoms with Crippen LogP contribution in [0.2, 0.25) is 0 Å². The Morgan fingerprint density at radius 2 is 1.95 bits per heavy atom. The third-order valence-corrected chi connectivity index (χ3v) is 3.54. The van der Waals surface area contributed by atoms with Crippen LogP contribution in [0.1, 0.15) is 22.6 Å². The number of benzene rings is 2. The molecule has 0 fully saturated rings. The van der Waals surface area contributed by atoms with E-state index in [4.69, 9.17) is 4.74 Å². The molecule has 0 radical (unpaired) electrons. The fourth-order valence-corrected chi connectivity index (χ4v) is 2.52. The van der Waals surface area contributed by atoms with Crippen LogP contribution in [-0.2, 0) is 20.7 Å². The minimum absolute atomic E-state index is 0.180. The van der Waals surface area contributed by atoms with Gasteiger partial charge < -0.3 is 9.47 Å². The maximum Gasteiger partial charge on any atom is 0.323 e. The molecule has 4 heteroatoms. The maximum absolute atomic E-state index is 12.1. The first kappa shape index (κ1) is 13.4. The second kappa shape index (κ2) is 5.40. The number of esters is 2.